The zero-order chi connectivity index (χ0) is 14.4. The van der Waals surface area contributed by atoms with Gasteiger partial charge in [-0.05, 0) is 24.5 Å². The molecule has 0 saturated carbocycles. The number of nitrogens with zero attached hydrogens (tertiary/aromatic N) is 4. The maximum Gasteiger partial charge on any atom is 0.274 e. The number of hydrogen-bond acceptors (Lipinski definition) is 4. The maximum absolute atomic E-state index is 12.6. The number of imidazole rings is 1. The smallest absolute Gasteiger partial charge is 0.274 e. The topological polar surface area (TPSA) is 50.5 Å². The van der Waals surface area contributed by atoms with Gasteiger partial charge in [-0.2, -0.15) is 5.10 Å². The fourth-order valence-corrected chi connectivity index (χ4v) is 3.46. The fraction of sp³-hybridized carbons (Fsp3) is 0.267. The van der Waals surface area contributed by atoms with Crippen molar-refractivity contribution in [1.29, 1.82) is 0 Å². The summed E-state index contributed by atoms with van der Waals surface area (Å²) in [5, 5.41) is 5.25. The van der Waals surface area contributed by atoms with Crippen molar-refractivity contribution in [3.63, 3.8) is 0 Å². The number of benzene rings is 1. The molecule has 1 aromatic carbocycles. The molecule has 6 heteroatoms. The first-order chi connectivity index (χ1) is 10.2. The normalized spacial score (nSPS) is 14.4. The summed E-state index contributed by atoms with van der Waals surface area (Å²) in [4.78, 5) is 19.6. The van der Waals surface area contributed by atoms with Crippen LogP contribution in [-0.4, -0.2) is 31.9 Å². The number of fused-ring (bicyclic) bond motifs is 2. The molecule has 0 saturated heterocycles. The molecule has 0 unspecified atom stereocenters. The number of carbonyl (C=O) groups is 1. The van der Waals surface area contributed by atoms with Gasteiger partial charge in [-0.25, -0.2) is 9.50 Å². The minimum Gasteiger partial charge on any atom is -0.333 e. The Bertz CT molecular complexity index is 804. The molecule has 0 N–H and O–H groups in total. The van der Waals surface area contributed by atoms with Gasteiger partial charge in [0.05, 0.1) is 6.20 Å². The Kier molecular flexibility index (Phi) is 2.78. The molecule has 1 aliphatic rings. The highest BCUT2D eigenvalue weighted by molar-refractivity contribution is 7.16. The van der Waals surface area contributed by atoms with Crippen molar-refractivity contribution in [2.75, 3.05) is 6.54 Å². The SMILES string of the molecule is Cc1nn2cc(C(=O)N3CCc4ccccc4C3)nc2s1. The molecule has 106 valence electrons. The van der Waals surface area contributed by atoms with E-state index in [0.717, 1.165) is 22.9 Å². The van der Waals surface area contributed by atoms with E-state index in [1.807, 2.05) is 24.0 Å². The second-order valence-corrected chi connectivity index (χ2v) is 6.38. The van der Waals surface area contributed by atoms with Crippen LogP contribution in [0.2, 0.25) is 0 Å². The van der Waals surface area contributed by atoms with Crippen molar-refractivity contribution in [1.82, 2.24) is 19.5 Å². The van der Waals surface area contributed by atoms with Gasteiger partial charge < -0.3 is 4.90 Å². The van der Waals surface area contributed by atoms with E-state index in [2.05, 4.69) is 22.2 Å². The van der Waals surface area contributed by atoms with Crippen molar-refractivity contribution < 1.29 is 4.79 Å². The van der Waals surface area contributed by atoms with Crippen LogP contribution in [0.15, 0.2) is 30.5 Å². The molecular formula is C15H14N4OS. The van der Waals surface area contributed by atoms with Gasteiger partial charge >= 0.3 is 0 Å². The van der Waals surface area contributed by atoms with Gasteiger partial charge in [0, 0.05) is 13.1 Å². The summed E-state index contributed by atoms with van der Waals surface area (Å²) in [5.74, 6) is -0.0140. The quantitative estimate of drug-likeness (QED) is 0.692. The monoisotopic (exact) mass is 298 g/mol. The lowest BCUT2D eigenvalue weighted by atomic mass is 10.00. The van der Waals surface area contributed by atoms with Crippen molar-refractivity contribution in [3.05, 3.63) is 52.3 Å². The molecule has 0 aliphatic carbocycles. The number of aromatic nitrogens is 3. The fourth-order valence-electron chi connectivity index (χ4n) is 2.73. The van der Waals surface area contributed by atoms with Crippen LogP contribution in [0.3, 0.4) is 0 Å². The van der Waals surface area contributed by atoms with Gasteiger partial charge in [-0.1, -0.05) is 35.6 Å². The molecule has 1 amide bonds. The van der Waals surface area contributed by atoms with E-state index in [-0.39, 0.29) is 5.91 Å². The molecule has 0 radical (unpaired) electrons. The van der Waals surface area contributed by atoms with Gasteiger partial charge in [0.1, 0.15) is 10.7 Å². The zero-order valence-electron chi connectivity index (χ0n) is 11.6. The third-order valence-electron chi connectivity index (χ3n) is 3.78. The highest BCUT2D eigenvalue weighted by Gasteiger charge is 2.23. The van der Waals surface area contributed by atoms with Crippen molar-refractivity contribution >= 4 is 22.2 Å². The van der Waals surface area contributed by atoms with Crippen LogP contribution in [-0.2, 0) is 13.0 Å². The van der Waals surface area contributed by atoms with Crippen LogP contribution >= 0.6 is 11.3 Å². The summed E-state index contributed by atoms with van der Waals surface area (Å²) in [5.41, 5.74) is 3.05. The molecule has 3 heterocycles. The Balaban J connectivity index is 1.61. The largest absolute Gasteiger partial charge is 0.333 e. The molecule has 1 aliphatic heterocycles. The standard InChI is InChI=1S/C15H14N4OS/c1-10-17-19-9-13(16-15(19)21-10)14(20)18-7-6-11-4-2-3-5-12(11)8-18/h2-5,9H,6-8H2,1H3. The van der Waals surface area contributed by atoms with Gasteiger partial charge in [-0.15, -0.1) is 0 Å². The predicted molar refractivity (Wildman–Crippen MR) is 80.5 cm³/mol. The number of rotatable bonds is 1. The minimum absolute atomic E-state index is 0.0140. The Labute approximate surface area is 125 Å². The minimum atomic E-state index is -0.0140. The van der Waals surface area contributed by atoms with E-state index in [1.165, 1.54) is 22.5 Å². The molecule has 5 nitrogen and oxygen atoms in total. The number of amides is 1. The van der Waals surface area contributed by atoms with E-state index in [0.29, 0.717) is 12.2 Å². The second kappa shape index (κ2) is 4.66. The zero-order valence-corrected chi connectivity index (χ0v) is 12.4. The van der Waals surface area contributed by atoms with Gasteiger partial charge in [0.2, 0.25) is 4.96 Å². The van der Waals surface area contributed by atoms with Crippen LogP contribution in [0.4, 0.5) is 0 Å². The molecule has 4 rings (SSSR count). The molecule has 3 aromatic rings. The van der Waals surface area contributed by atoms with Crippen LogP contribution < -0.4 is 0 Å². The van der Waals surface area contributed by atoms with Crippen molar-refractivity contribution in [3.8, 4) is 0 Å². The summed E-state index contributed by atoms with van der Waals surface area (Å²) >= 11 is 1.50. The van der Waals surface area contributed by atoms with Crippen molar-refractivity contribution in [2.45, 2.75) is 19.9 Å². The predicted octanol–water partition coefficient (Wildman–Crippen LogP) is 2.30. The summed E-state index contributed by atoms with van der Waals surface area (Å²) in [7, 11) is 0. The number of carbonyl (C=O) groups excluding carboxylic acids is 1. The molecule has 21 heavy (non-hydrogen) atoms. The molecule has 0 atom stereocenters. The first kappa shape index (κ1) is 12.5. The number of hydrogen-bond donors (Lipinski definition) is 0. The Hall–Kier alpha value is -2.21. The lowest BCUT2D eigenvalue weighted by Gasteiger charge is -2.28. The lowest BCUT2D eigenvalue weighted by molar-refractivity contribution is 0.0729. The molecule has 0 spiro atoms. The summed E-state index contributed by atoms with van der Waals surface area (Å²) in [6.07, 6.45) is 2.63. The summed E-state index contributed by atoms with van der Waals surface area (Å²) < 4.78 is 1.69. The highest BCUT2D eigenvalue weighted by atomic mass is 32.1. The number of aryl methyl sites for hydroxylation is 1. The van der Waals surface area contributed by atoms with Gasteiger partial charge in [-0.3, -0.25) is 4.79 Å². The van der Waals surface area contributed by atoms with Crippen LogP contribution in [0, 0.1) is 6.92 Å². The van der Waals surface area contributed by atoms with Crippen LogP contribution in [0.25, 0.3) is 4.96 Å². The lowest BCUT2D eigenvalue weighted by Crippen LogP contribution is -2.36. The summed E-state index contributed by atoms with van der Waals surface area (Å²) in [6.45, 7) is 3.34. The van der Waals surface area contributed by atoms with E-state index in [9.17, 15) is 4.79 Å². The van der Waals surface area contributed by atoms with E-state index >= 15 is 0 Å². The van der Waals surface area contributed by atoms with Crippen LogP contribution in [0.5, 0.6) is 0 Å². The summed E-state index contributed by atoms with van der Waals surface area (Å²) in [6, 6.07) is 8.29. The van der Waals surface area contributed by atoms with E-state index < -0.39 is 0 Å². The Morgan fingerprint density at radius 2 is 2.10 bits per heavy atom. The molecule has 0 fully saturated rings. The third kappa shape index (κ3) is 2.12. The first-order valence-electron chi connectivity index (χ1n) is 6.89. The van der Waals surface area contributed by atoms with Crippen LogP contribution in [0.1, 0.15) is 26.6 Å². The van der Waals surface area contributed by atoms with Crippen molar-refractivity contribution in [2.24, 2.45) is 0 Å². The average molecular weight is 298 g/mol. The molecule has 0 bridgehead atoms. The first-order valence-corrected chi connectivity index (χ1v) is 7.71. The third-order valence-corrected chi connectivity index (χ3v) is 4.62. The van der Waals surface area contributed by atoms with E-state index in [4.69, 9.17) is 0 Å². The van der Waals surface area contributed by atoms with Gasteiger partial charge in [0.15, 0.2) is 0 Å². The van der Waals surface area contributed by atoms with Gasteiger partial charge in [0.25, 0.3) is 5.91 Å². The Morgan fingerprint density at radius 1 is 1.29 bits per heavy atom. The molecular weight excluding hydrogens is 284 g/mol. The highest BCUT2D eigenvalue weighted by Crippen LogP contribution is 2.21. The maximum atomic E-state index is 12.6. The Morgan fingerprint density at radius 3 is 2.90 bits per heavy atom. The second-order valence-electron chi connectivity index (χ2n) is 5.22. The van der Waals surface area contributed by atoms with E-state index in [1.54, 1.807) is 10.7 Å². The molecule has 2 aromatic heterocycles. The average Bonchev–Trinajstić information content (AvgIpc) is 3.03.